The Balaban J connectivity index is 0.00000312. The third kappa shape index (κ3) is 6.04. The van der Waals surface area contributed by atoms with Crippen molar-refractivity contribution in [3.05, 3.63) is 0 Å². The Kier molecular flexibility index (Phi) is 8.56. The minimum absolute atomic E-state index is 0. The average molecular weight is 399 g/mol. The number of nitrogens with zero attached hydrogens (tertiary/aromatic N) is 3. The zero-order valence-corrected chi connectivity index (χ0v) is 16.9. The van der Waals surface area contributed by atoms with Crippen molar-refractivity contribution in [2.24, 2.45) is 5.73 Å². The highest BCUT2D eigenvalue weighted by Gasteiger charge is 2.37. The Labute approximate surface area is 157 Å². The number of carbonyl (C=O) groups excluding carboxylic acids is 1. The normalized spacial score (nSPS) is 27.6. The predicted molar refractivity (Wildman–Crippen MR) is 98.8 cm³/mol. The molecular weight excluding hydrogens is 368 g/mol. The van der Waals surface area contributed by atoms with E-state index in [4.69, 9.17) is 10.5 Å². The Hall–Kier alpha value is -0.450. The number of nitrogens with two attached hydrogens (primary N) is 1. The number of rotatable bonds is 5. The molecule has 1 amide bonds. The molecule has 2 heterocycles. The summed E-state index contributed by atoms with van der Waals surface area (Å²) in [5.41, 5.74) is 5.68. The summed E-state index contributed by atoms with van der Waals surface area (Å²) in [6.45, 7) is 7.95. The van der Waals surface area contributed by atoms with Crippen molar-refractivity contribution in [1.82, 2.24) is 13.5 Å². The number of hydrogen-bond donors (Lipinski definition) is 1. The second-order valence-electron chi connectivity index (χ2n) is 6.88. The SMILES string of the molecule is CC(N)CCC(=O)N1CCN(S(=O)(=O)N2CC(C)OC(C)C2)CC1.Cl. The Morgan fingerprint density at radius 3 is 2.12 bits per heavy atom. The lowest BCUT2D eigenvalue weighted by molar-refractivity contribution is -0.132. The number of morpholine rings is 1. The van der Waals surface area contributed by atoms with Crippen LogP contribution in [0.25, 0.3) is 0 Å². The lowest BCUT2D eigenvalue weighted by Gasteiger charge is -2.40. The molecule has 0 saturated carbocycles. The molecule has 2 rings (SSSR count). The van der Waals surface area contributed by atoms with Gasteiger partial charge in [0.15, 0.2) is 0 Å². The maximum Gasteiger partial charge on any atom is 0.282 e. The topological polar surface area (TPSA) is 96.2 Å². The first kappa shape index (κ1) is 22.6. The van der Waals surface area contributed by atoms with Crippen molar-refractivity contribution in [2.75, 3.05) is 39.3 Å². The van der Waals surface area contributed by atoms with Gasteiger partial charge in [0.05, 0.1) is 12.2 Å². The van der Waals surface area contributed by atoms with E-state index in [0.717, 1.165) is 0 Å². The van der Waals surface area contributed by atoms with Gasteiger partial charge >= 0.3 is 0 Å². The maximum atomic E-state index is 12.8. The summed E-state index contributed by atoms with van der Waals surface area (Å²) in [6, 6.07) is 0.000849. The molecule has 3 unspecified atom stereocenters. The van der Waals surface area contributed by atoms with Crippen molar-refractivity contribution in [3.63, 3.8) is 0 Å². The first-order valence-electron chi connectivity index (χ1n) is 8.64. The van der Waals surface area contributed by atoms with Crippen molar-refractivity contribution in [1.29, 1.82) is 0 Å². The molecule has 2 aliphatic rings. The molecule has 2 aliphatic heterocycles. The fourth-order valence-electron chi connectivity index (χ4n) is 3.16. The summed E-state index contributed by atoms with van der Waals surface area (Å²) < 4.78 is 34.2. The van der Waals surface area contributed by atoms with Crippen LogP contribution in [-0.4, -0.2) is 85.4 Å². The van der Waals surface area contributed by atoms with Gasteiger partial charge in [-0.3, -0.25) is 4.79 Å². The third-order valence-corrected chi connectivity index (χ3v) is 6.41. The molecule has 10 heteroatoms. The molecule has 148 valence electrons. The Morgan fingerprint density at radius 1 is 1.12 bits per heavy atom. The highest BCUT2D eigenvalue weighted by atomic mass is 35.5. The molecule has 2 fully saturated rings. The van der Waals surface area contributed by atoms with Crippen molar-refractivity contribution in [2.45, 2.75) is 51.9 Å². The fourth-order valence-corrected chi connectivity index (χ4v) is 4.91. The lowest BCUT2D eigenvalue weighted by atomic mass is 10.2. The van der Waals surface area contributed by atoms with E-state index >= 15 is 0 Å². The van der Waals surface area contributed by atoms with Crippen LogP contribution in [-0.2, 0) is 19.7 Å². The zero-order valence-electron chi connectivity index (χ0n) is 15.3. The number of halogens is 1. The van der Waals surface area contributed by atoms with Gasteiger partial charge in [-0.1, -0.05) is 0 Å². The molecule has 0 bridgehead atoms. The van der Waals surface area contributed by atoms with E-state index in [1.807, 2.05) is 20.8 Å². The van der Waals surface area contributed by atoms with Gasteiger partial charge in [0.25, 0.3) is 10.2 Å². The summed E-state index contributed by atoms with van der Waals surface area (Å²) in [7, 11) is -3.50. The molecular formula is C15H31ClN4O4S. The van der Waals surface area contributed by atoms with E-state index in [1.165, 1.54) is 8.61 Å². The molecule has 8 nitrogen and oxygen atoms in total. The van der Waals surface area contributed by atoms with Gasteiger partial charge in [0.1, 0.15) is 0 Å². The van der Waals surface area contributed by atoms with Gasteiger partial charge in [-0.2, -0.15) is 17.0 Å². The first-order valence-corrected chi connectivity index (χ1v) is 10.0. The summed E-state index contributed by atoms with van der Waals surface area (Å²) in [4.78, 5) is 13.9. The molecule has 0 aromatic carbocycles. The van der Waals surface area contributed by atoms with Crippen LogP contribution < -0.4 is 5.73 Å². The smallest absolute Gasteiger partial charge is 0.282 e. The van der Waals surface area contributed by atoms with E-state index in [0.29, 0.717) is 52.1 Å². The van der Waals surface area contributed by atoms with Crippen LogP contribution in [0.4, 0.5) is 0 Å². The van der Waals surface area contributed by atoms with Gasteiger partial charge in [0.2, 0.25) is 5.91 Å². The van der Waals surface area contributed by atoms with Crippen LogP contribution in [0, 0.1) is 0 Å². The van der Waals surface area contributed by atoms with Gasteiger partial charge in [-0.25, -0.2) is 0 Å². The van der Waals surface area contributed by atoms with E-state index < -0.39 is 10.2 Å². The van der Waals surface area contributed by atoms with E-state index in [9.17, 15) is 13.2 Å². The van der Waals surface area contributed by atoms with Crippen LogP contribution >= 0.6 is 12.4 Å². The van der Waals surface area contributed by atoms with Crippen LogP contribution in [0.5, 0.6) is 0 Å². The molecule has 2 N–H and O–H groups in total. The monoisotopic (exact) mass is 398 g/mol. The van der Waals surface area contributed by atoms with Crippen LogP contribution in [0.15, 0.2) is 0 Å². The maximum absolute atomic E-state index is 12.8. The molecule has 25 heavy (non-hydrogen) atoms. The second kappa shape index (κ2) is 9.48. The second-order valence-corrected chi connectivity index (χ2v) is 8.81. The highest BCUT2D eigenvalue weighted by molar-refractivity contribution is 7.86. The summed E-state index contributed by atoms with van der Waals surface area (Å²) in [6.07, 6.45) is 0.860. The molecule has 0 aliphatic carbocycles. The number of piperazine rings is 1. The zero-order chi connectivity index (χ0) is 17.9. The number of hydrogen-bond acceptors (Lipinski definition) is 5. The first-order chi connectivity index (χ1) is 11.2. The van der Waals surface area contributed by atoms with Crippen LogP contribution in [0.2, 0.25) is 0 Å². The van der Waals surface area contributed by atoms with Gasteiger partial charge in [-0.05, 0) is 27.2 Å². The molecule has 3 atom stereocenters. The largest absolute Gasteiger partial charge is 0.373 e. The quantitative estimate of drug-likeness (QED) is 0.705. The molecule has 0 spiro atoms. The summed E-state index contributed by atoms with van der Waals surface area (Å²) >= 11 is 0. The van der Waals surface area contributed by atoms with Crippen molar-refractivity contribution < 1.29 is 17.9 Å². The Bertz CT molecular complexity index is 528. The summed E-state index contributed by atoms with van der Waals surface area (Å²) in [5, 5.41) is 0. The summed E-state index contributed by atoms with van der Waals surface area (Å²) in [5.74, 6) is 0.0537. The minimum atomic E-state index is -3.50. The van der Waals surface area contributed by atoms with Crippen molar-refractivity contribution in [3.8, 4) is 0 Å². The van der Waals surface area contributed by atoms with Gasteiger partial charge in [0, 0.05) is 51.7 Å². The molecule has 0 aromatic rings. The van der Waals surface area contributed by atoms with E-state index in [2.05, 4.69) is 0 Å². The van der Waals surface area contributed by atoms with Crippen molar-refractivity contribution >= 4 is 28.5 Å². The van der Waals surface area contributed by atoms with E-state index in [1.54, 1.807) is 4.90 Å². The van der Waals surface area contributed by atoms with Gasteiger partial charge in [-0.15, -0.1) is 12.4 Å². The van der Waals surface area contributed by atoms with E-state index in [-0.39, 0.29) is 36.6 Å². The molecule has 0 aromatic heterocycles. The standard InChI is InChI=1S/C15H30N4O4S.ClH/c1-12(16)4-5-15(20)17-6-8-18(9-7-17)24(21,22)19-10-13(2)23-14(3)11-19;/h12-14H,4-11,16H2,1-3H3;1H. The van der Waals surface area contributed by atoms with Crippen LogP contribution in [0.1, 0.15) is 33.6 Å². The Morgan fingerprint density at radius 2 is 1.64 bits per heavy atom. The molecule has 2 saturated heterocycles. The number of ether oxygens (including phenoxy) is 1. The molecule has 0 radical (unpaired) electrons. The minimum Gasteiger partial charge on any atom is -0.373 e. The number of carbonyl (C=O) groups is 1. The highest BCUT2D eigenvalue weighted by Crippen LogP contribution is 2.19. The average Bonchev–Trinajstić information content (AvgIpc) is 2.51. The van der Waals surface area contributed by atoms with Gasteiger partial charge < -0.3 is 15.4 Å². The predicted octanol–water partition coefficient (Wildman–Crippen LogP) is 0.0338. The lowest BCUT2D eigenvalue weighted by Crippen LogP contribution is -2.57. The fraction of sp³-hybridized carbons (Fsp3) is 0.933. The third-order valence-electron chi connectivity index (χ3n) is 4.44. The number of amides is 1. The van der Waals surface area contributed by atoms with Crippen LogP contribution in [0.3, 0.4) is 0 Å².